The summed E-state index contributed by atoms with van der Waals surface area (Å²) in [5.41, 5.74) is 0. The van der Waals surface area contributed by atoms with E-state index in [2.05, 4.69) is 6.58 Å². The maximum Gasteiger partial charge on any atom is 0.289 e. The number of amides is 2. The summed E-state index contributed by atoms with van der Waals surface area (Å²) in [4.78, 5) is 23.9. The lowest BCUT2D eigenvalue weighted by Crippen LogP contribution is -2.35. The minimum atomic E-state index is -0.597. The van der Waals surface area contributed by atoms with Crippen LogP contribution in [0.2, 0.25) is 0 Å². The average Bonchev–Trinajstić information content (AvgIpc) is 2.13. The molecule has 1 saturated heterocycles. The highest BCUT2D eigenvalue weighted by molar-refractivity contribution is 8.16. The van der Waals surface area contributed by atoms with Crippen molar-refractivity contribution in [1.82, 2.24) is 4.90 Å². The van der Waals surface area contributed by atoms with Gasteiger partial charge < -0.3 is 0 Å². The Balaban J connectivity index is 2.85. The van der Waals surface area contributed by atoms with Gasteiger partial charge in [-0.3, -0.25) is 14.5 Å². The third kappa shape index (κ3) is 1.39. The van der Waals surface area contributed by atoms with Crippen LogP contribution in [-0.4, -0.2) is 27.3 Å². The molecule has 0 aromatic heterocycles. The largest absolute Gasteiger partial charge is 0.289 e. The van der Waals surface area contributed by atoms with Crippen LogP contribution in [0.25, 0.3) is 0 Å². The molecular formula is C8H11NO2S. The summed E-state index contributed by atoms with van der Waals surface area (Å²) < 4.78 is -0.597. The van der Waals surface area contributed by atoms with Gasteiger partial charge in [-0.05, 0) is 25.6 Å². The lowest BCUT2D eigenvalue weighted by molar-refractivity contribution is -0.128. The topological polar surface area (TPSA) is 37.4 Å². The number of carbonyl (C=O) groups excluding carboxylic acids is 2. The van der Waals surface area contributed by atoms with Gasteiger partial charge in [-0.25, -0.2) is 0 Å². The van der Waals surface area contributed by atoms with Gasteiger partial charge >= 0.3 is 0 Å². The van der Waals surface area contributed by atoms with Gasteiger partial charge in [0.1, 0.15) is 0 Å². The van der Waals surface area contributed by atoms with Crippen molar-refractivity contribution in [2.75, 3.05) is 6.54 Å². The van der Waals surface area contributed by atoms with Crippen molar-refractivity contribution in [3.8, 4) is 0 Å². The van der Waals surface area contributed by atoms with Crippen LogP contribution in [0.4, 0.5) is 4.79 Å². The van der Waals surface area contributed by atoms with E-state index in [9.17, 15) is 9.59 Å². The number of nitrogens with zero attached hydrogens (tertiary/aromatic N) is 1. The van der Waals surface area contributed by atoms with Gasteiger partial charge in [-0.1, -0.05) is 6.08 Å². The van der Waals surface area contributed by atoms with E-state index in [4.69, 9.17) is 0 Å². The molecule has 1 heterocycles. The number of thioether (sulfide) groups is 1. The smallest absolute Gasteiger partial charge is 0.273 e. The maximum absolute atomic E-state index is 11.5. The second kappa shape index (κ2) is 2.94. The first-order chi connectivity index (χ1) is 5.49. The highest BCUT2D eigenvalue weighted by Crippen LogP contribution is 2.36. The molecule has 0 atom stereocenters. The molecule has 66 valence electrons. The lowest BCUT2D eigenvalue weighted by atomic mass is 10.2. The summed E-state index contributed by atoms with van der Waals surface area (Å²) in [6.07, 6.45) is 1.55. The first kappa shape index (κ1) is 9.32. The SMILES string of the molecule is C=CCN1C(=O)SC(C)(C)C1=O. The van der Waals surface area contributed by atoms with Crippen molar-refractivity contribution in [2.24, 2.45) is 0 Å². The summed E-state index contributed by atoms with van der Waals surface area (Å²) in [6, 6.07) is 0. The Morgan fingerprint density at radius 2 is 2.17 bits per heavy atom. The zero-order valence-electron chi connectivity index (χ0n) is 7.16. The van der Waals surface area contributed by atoms with Crippen LogP contribution >= 0.6 is 11.8 Å². The van der Waals surface area contributed by atoms with Crippen molar-refractivity contribution in [1.29, 1.82) is 0 Å². The maximum atomic E-state index is 11.5. The number of imide groups is 1. The third-order valence-corrected chi connectivity index (χ3v) is 2.71. The Hall–Kier alpha value is -0.770. The fourth-order valence-electron chi connectivity index (χ4n) is 1.01. The number of hydrogen-bond donors (Lipinski definition) is 0. The van der Waals surface area contributed by atoms with Gasteiger partial charge in [-0.2, -0.15) is 0 Å². The molecule has 0 aromatic carbocycles. The Labute approximate surface area is 75.8 Å². The molecule has 12 heavy (non-hydrogen) atoms. The minimum absolute atomic E-state index is 0.127. The molecule has 0 saturated carbocycles. The fraction of sp³-hybridized carbons (Fsp3) is 0.500. The van der Waals surface area contributed by atoms with E-state index in [0.717, 1.165) is 11.8 Å². The second-order valence-electron chi connectivity index (χ2n) is 3.08. The Morgan fingerprint density at radius 1 is 1.58 bits per heavy atom. The molecule has 2 amide bonds. The second-order valence-corrected chi connectivity index (χ2v) is 4.66. The zero-order chi connectivity index (χ0) is 9.35. The third-order valence-electron chi connectivity index (χ3n) is 1.63. The number of rotatable bonds is 2. The van der Waals surface area contributed by atoms with Crippen molar-refractivity contribution in [2.45, 2.75) is 18.6 Å². The normalized spacial score (nSPS) is 21.7. The van der Waals surface area contributed by atoms with Gasteiger partial charge in [0.15, 0.2) is 0 Å². The lowest BCUT2D eigenvalue weighted by Gasteiger charge is -2.13. The van der Waals surface area contributed by atoms with Crippen LogP contribution in [0.3, 0.4) is 0 Å². The van der Waals surface area contributed by atoms with Crippen molar-refractivity contribution >= 4 is 22.9 Å². The van der Waals surface area contributed by atoms with E-state index < -0.39 is 4.75 Å². The van der Waals surface area contributed by atoms with Gasteiger partial charge in [0, 0.05) is 6.54 Å². The monoisotopic (exact) mass is 185 g/mol. The molecule has 0 aliphatic carbocycles. The molecule has 0 spiro atoms. The number of hydrogen-bond acceptors (Lipinski definition) is 3. The van der Waals surface area contributed by atoms with E-state index in [0.29, 0.717) is 6.54 Å². The van der Waals surface area contributed by atoms with Crippen LogP contribution in [0.1, 0.15) is 13.8 Å². The van der Waals surface area contributed by atoms with Crippen molar-refractivity contribution in [3.05, 3.63) is 12.7 Å². The Bertz CT molecular complexity index is 247. The van der Waals surface area contributed by atoms with Crippen LogP contribution in [0, 0.1) is 0 Å². The molecule has 0 unspecified atom stereocenters. The van der Waals surface area contributed by atoms with E-state index >= 15 is 0 Å². The van der Waals surface area contributed by atoms with E-state index in [1.165, 1.54) is 4.90 Å². The molecule has 1 aliphatic rings. The molecule has 0 N–H and O–H groups in total. The zero-order valence-corrected chi connectivity index (χ0v) is 7.98. The molecule has 0 aromatic rings. The van der Waals surface area contributed by atoms with Crippen LogP contribution < -0.4 is 0 Å². The molecule has 1 aliphatic heterocycles. The van der Waals surface area contributed by atoms with E-state index in [-0.39, 0.29) is 11.1 Å². The number of carbonyl (C=O) groups is 2. The first-order valence-corrected chi connectivity index (χ1v) is 4.46. The van der Waals surface area contributed by atoms with Crippen LogP contribution in [0.15, 0.2) is 12.7 Å². The molecular weight excluding hydrogens is 174 g/mol. The van der Waals surface area contributed by atoms with Crippen LogP contribution in [0.5, 0.6) is 0 Å². The summed E-state index contributed by atoms with van der Waals surface area (Å²) in [5, 5.41) is -0.176. The van der Waals surface area contributed by atoms with Gasteiger partial charge in [0.05, 0.1) is 4.75 Å². The van der Waals surface area contributed by atoms with Gasteiger partial charge in [-0.15, -0.1) is 6.58 Å². The molecule has 3 nitrogen and oxygen atoms in total. The average molecular weight is 185 g/mol. The first-order valence-electron chi connectivity index (χ1n) is 3.65. The highest BCUT2D eigenvalue weighted by Gasteiger charge is 2.45. The van der Waals surface area contributed by atoms with Crippen molar-refractivity contribution < 1.29 is 9.59 Å². The molecule has 0 bridgehead atoms. The van der Waals surface area contributed by atoms with Gasteiger partial charge in [0.25, 0.3) is 5.24 Å². The van der Waals surface area contributed by atoms with Crippen LogP contribution in [-0.2, 0) is 4.79 Å². The quantitative estimate of drug-likeness (QED) is 0.614. The van der Waals surface area contributed by atoms with E-state index in [1.807, 2.05) is 0 Å². The van der Waals surface area contributed by atoms with E-state index in [1.54, 1.807) is 19.9 Å². The molecule has 4 heteroatoms. The van der Waals surface area contributed by atoms with Gasteiger partial charge in [0.2, 0.25) is 5.91 Å². The molecule has 1 rings (SSSR count). The summed E-state index contributed by atoms with van der Waals surface area (Å²) in [7, 11) is 0. The van der Waals surface area contributed by atoms with Crippen molar-refractivity contribution in [3.63, 3.8) is 0 Å². The Kier molecular flexibility index (Phi) is 2.28. The summed E-state index contributed by atoms with van der Waals surface area (Å²) >= 11 is 1.07. The summed E-state index contributed by atoms with van der Waals surface area (Å²) in [6.45, 7) is 7.30. The predicted molar refractivity (Wildman–Crippen MR) is 49.0 cm³/mol. The molecule has 1 fully saturated rings. The predicted octanol–water partition coefficient (Wildman–Crippen LogP) is 1.65. The minimum Gasteiger partial charge on any atom is -0.273 e. The Morgan fingerprint density at radius 3 is 2.50 bits per heavy atom. The fourth-order valence-corrected chi connectivity index (χ4v) is 1.91. The summed E-state index contributed by atoms with van der Waals surface area (Å²) in [5.74, 6) is -0.127. The molecule has 0 radical (unpaired) electrons. The highest BCUT2D eigenvalue weighted by atomic mass is 32.2. The standard InChI is InChI=1S/C8H11NO2S/c1-4-5-9-6(10)8(2,3)12-7(9)11/h4H,1,5H2,2-3H3.